The largest absolute Gasteiger partial charge is 0.303 e. The third-order valence-corrected chi connectivity index (χ3v) is 5.51. The number of nitrogens with zero attached hydrogens (tertiary/aromatic N) is 2. The molecule has 3 heteroatoms. The number of nitriles is 1. The average molecular weight is 263 g/mol. The highest BCUT2D eigenvalue weighted by atomic mass is 15.1. The lowest BCUT2D eigenvalue weighted by molar-refractivity contribution is 0.246. The van der Waals surface area contributed by atoms with Crippen LogP contribution in [-0.2, 0) is 0 Å². The minimum atomic E-state index is -0.239. The van der Waals surface area contributed by atoms with Crippen molar-refractivity contribution in [3.63, 3.8) is 0 Å². The topological polar surface area (TPSA) is 39.1 Å². The summed E-state index contributed by atoms with van der Waals surface area (Å²) < 4.78 is 0. The fourth-order valence-corrected chi connectivity index (χ4v) is 3.95. The van der Waals surface area contributed by atoms with Crippen molar-refractivity contribution in [2.24, 2.45) is 17.8 Å². The molecule has 0 aromatic rings. The highest BCUT2D eigenvalue weighted by Crippen LogP contribution is 2.37. The third kappa shape index (κ3) is 3.12. The molecule has 19 heavy (non-hydrogen) atoms. The van der Waals surface area contributed by atoms with Crippen LogP contribution in [-0.4, -0.2) is 37.1 Å². The normalized spacial score (nSPS) is 35.9. The molecular weight excluding hydrogens is 234 g/mol. The van der Waals surface area contributed by atoms with E-state index in [0.29, 0.717) is 5.92 Å². The molecule has 0 radical (unpaired) electrons. The van der Waals surface area contributed by atoms with Crippen LogP contribution >= 0.6 is 0 Å². The Labute approximate surface area is 118 Å². The van der Waals surface area contributed by atoms with Gasteiger partial charge in [-0.3, -0.25) is 0 Å². The summed E-state index contributed by atoms with van der Waals surface area (Å²) in [5.74, 6) is 2.24. The van der Waals surface area contributed by atoms with E-state index >= 15 is 0 Å². The fraction of sp³-hybridized carbons (Fsp3) is 0.938. The molecule has 1 saturated heterocycles. The average Bonchev–Trinajstić information content (AvgIpc) is 3.03. The van der Waals surface area contributed by atoms with Gasteiger partial charge >= 0.3 is 0 Å². The molecule has 0 aromatic carbocycles. The van der Waals surface area contributed by atoms with Crippen LogP contribution in [0.5, 0.6) is 0 Å². The molecule has 2 aliphatic rings. The smallest absolute Gasteiger partial charge is 0.109 e. The first kappa shape index (κ1) is 14.8. The minimum Gasteiger partial charge on any atom is -0.303 e. The Hall–Kier alpha value is -0.590. The Morgan fingerprint density at radius 3 is 2.79 bits per heavy atom. The van der Waals surface area contributed by atoms with Crippen LogP contribution in [0.25, 0.3) is 0 Å². The van der Waals surface area contributed by atoms with E-state index in [0.717, 1.165) is 18.3 Å². The molecule has 0 spiro atoms. The van der Waals surface area contributed by atoms with E-state index in [9.17, 15) is 5.26 Å². The summed E-state index contributed by atoms with van der Waals surface area (Å²) in [7, 11) is 1.95. The molecule has 3 nitrogen and oxygen atoms in total. The number of rotatable bonds is 5. The first-order valence-corrected chi connectivity index (χ1v) is 7.94. The molecule has 3 unspecified atom stereocenters. The van der Waals surface area contributed by atoms with E-state index in [1.165, 1.54) is 45.3 Å². The molecule has 0 bridgehead atoms. The van der Waals surface area contributed by atoms with E-state index in [-0.39, 0.29) is 5.54 Å². The highest BCUT2D eigenvalue weighted by Gasteiger charge is 2.41. The molecule has 1 aliphatic heterocycles. The lowest BCUT2D eigenvalue weighted by Gasteiger charge is -2.29. The van der Waals surface area contributed by atoms with E-state index in [1.54, 1.807) is 0 Å². The first-order valence-electron chi connectivity index (χ1n) is 7.94. The summed E-state index contributed by atoms with van der Waals surface area (Å²) in [6.45, 7) is 8.39. The Kier molecular flexibility index (Phi) is 4.86. The van der Waals surface area contributed by atoms with Crippen LogP contribution in [0.15, 0.2) is 0 Å². The summed E-state index contributed by atoms with van der Waals surface area (Å²) in [4.78, 5) is 2.61. The maximum Gasteiger partial charge on any atom is 0.109 e. The van der Waals surface area contributed by atoms with Crippen LogP contribution in [0, 0.1) is 29.1 Å². The summed E-state index contributed by atoms with van der Waals surface area (Å²) in [6, 6.07) is 2.55. The zero-order valence-electron chi connectivity index (χ0n) is 12.8. The van der Waals surface area contributed by atoms with Gasteiger partial charge in [0, 0.05) is 6.54 Å². The second kappa shape index (κ2) is 6.24. The van der Waals surface area contributed by atoms with Crippen LogP contribution in [0.2, 0.25) is 0 Å². The van der Waals surface area contributed by atoms with Crippen LogP contribution in [0.1, 0.15) is 46.0 Å². The zero-order chi connectivity index (χ0) is 13.9. The molecule has 1 heterocycles. The fourth-order valence-electron chi connectivity index (χ4n) is 3.95. The van der Waals surface area contributed by atoms with Gasteiger partial charge in [0.2, 0.25) is 0 Å². The molecule has 108 valence electrons. The molecule has 0 aromatic heterocycles. The maximum absolute atomic E-state index is 9.47. The Balaban J connectivity index is 1.82. The molecule has 1 aliphatic carbocycles. The maximum atomic E-state index is 9.47. The first-order chi connectivity index (χ1) is 9.11. The molecule has 2 fully saturated rings. The molecular formula is C16H29N3. The van der Waals surface area contributed by atoms with Crippen molar-refractivity contribution in [2.45, 2.75) is 51.5 Å². The van der Waals surface area contributed by atoms with Gasteiger partial charge in [0.1, 0.15) is 5.54 Å². The van der Waals surface area contributed by atoms with Crippen LogP contribution in [0.4, 0.5) is 0 Å². The Bertz CT molecular complexity index is 333. The van der Waals surface area contributed by atoms with Crippen molar-refractivity contribution >= 4 is 0 Å². The molecule has 2 rings (SSSR count). The quantitative estimate of drug-likeness (QED) is 0.829. The molecule has 0 amide bonds. The molecule has 1 N–H and O–H groups in total. The summed E-state index contributed by atoms with van der Waals surface area (Å²) in [6.07, 6.45) is 5.99. The third-order valence-electron chi connectivity index (χ3n) is 5.51. The van der Waals surface area contributed by atoms with Crippen LogP contribution < -0.4 is 5.32 Å². The van der Waals surface area contributed by atoms with Crippen molar-refractivity contribution in [2.75, 3.05) is 26.7 Å². The SMILES string of the molecule is CNC1(C#N)CCCC1CCN1CCC(C(C)C)C1. The molecule has 3 atom stereocenters. The van der Waals surface area contributed by atoms with Crippen LogP contribution in [0.3, 0.4) is 0 Å². The van der Waals surface area contributed by atoms with Crippen molar-refractivity contribution in [3.8, 4) is 6.07 Å². The van der Waals surface area contributed by atoms with Crippen molar-refractivity contribution in [1.82, 2.24) is 10.2 Å². The van der Waals surface area contributed by atoms with E-state index in [2.05, 4.69) is 30.1 Å². The number of hydrogen-bond donors (Lipinski definition) is 1. The van der Waals surface area contributed by atoms with E-state index in [4.69, 9.17) is 0 Å². The summed E-state index contributed by atoms with van der Waals surface area (Å²) >= 11 is 0. The van der Waals surface area contributed by atoms with Gasteiger partial charge in [0.15, 0.2) is 0 Å². The minimum absolute atomic E-state index is 0.239. The number of hydrogen-bond acceptors (Lipinski definition) is 3. The Morgan fingerprint density at radius 2 is 2.21 bits per heavy atom. The van der Waals surface area contributed by atoms with Gasteiger partial charge in [0.25, 0.3) is 0 Å². The number of likely N-dealkylation sites (tertiary alicyclic amines) is 1. The van der Waals surface area contributed by atoms with Gasteiger partial charge in [-0.25, -0.2) is 0 Å². The van der Waals surface area contributed by atoms with Gasteiger partial charge in [-0.1, -0.05) is 20.3 Å². The lowest BCUT2D eigenvalue weighted by Crippen LogP contribution is -2.45. The second-order valence-corrected chi connectivity index (χ2v) is 6.80. The summed E-state index contributed by atoms with van der Waals surface area (Å²) in [5, 5.41) is 12.8. The van der Waals surface area contributed by atoms with Gasteiger partial charge in [-0.05, 0) is 63.6 Å². The van der Waals surface area contributed by atoms with Gasteiger partial charge in [0.05, 0.1) is 6.07 Å². The van der Waals surface area contributed by atoms with Gasteiger partial charge in [-0.15, -0.1) is 0 Å². The van der Waals surface area contributed by atoms with E-state index < -0.39 is 0 Å². The van der Waals surface area contributed by atoms with E-state index in [1.807, 2.05) is 7.05 Å². The van der Waals surface area contributed by atoms with Crippen molar-refractivity contribution in [3.05, 3.63) is 0 Å². The van der Waals surface area contributed by atoms with Gasteiger partial charge < -0.3 is 10.2 Å². The Morgan fingerprint density at radius 1 is 1.42 bits per heavy atom. The van der Waals surface area contributed by atoms with Crippen molar-refractivity contribution < 1.29 is 0 Å². The van der Waals surface area contributed by atoms with Crippen molar-refractivity contribution in [1.29, 1.82) is 5.26 Å². The number of nitrogens with one attached hydrogen (secondary N) is 1. The zero-order valence-corrected chi connectivity index (χ0v) is 12.8. The highest BCUT2D eigenvalue weighted by molar-refractivity contribution is 5.13. The lowest BCUT2D eigenvalue weighted by atomic mass is 9.86. The monoisotopic (exact) mass is 263 g/mol. The predicted octanol–water partition coefficient (Wildman–Crippen LogP) is 2.64. The van der Waals surface area contributed by atoms with Gasteiger partial charge in [-0.2, -0.15) is 5.26 Å². The standard InChI is InChI=1S/C16H29N3/c1-13(2)14-6-9-19(11-14)10-7-15-5-4-8-16(15,12-17)18-3/h13-15,18H,4-11H2,1-3H3. The second-order valence-electron chi connectivity index (χ2n) is 6.80. The summed E-state index contributed by atoms with van der Waals surface area (Å²) in [5.41, 5.74) is -0.239. The molecule has 1 saturated carbocycles. The predicted molar refractivity (Wildman–Crippen MR) is 78.7 cm³/mol.